The first-order chi connectivity index (χ1) is 13.5. The van der Waals surface area contributed by atoms with Crippen molar-refractivity contribution in [2.75, 3.05) is 14.1 Å². The average Bonchev–Trinajstić information content (AvgIpc) is 3.26. The van der Waals surface area contributed by atoms with Crippen molar-refractivity contribution < 1.29 is 19.1 Å². The number of carbonyl (C=O) groups excluding carboxylic acids is 3. The summed E-state index contributed by atoms with van der Waals surface area (Å²) in [5.41, 5.74) is 0.948. The maximum atomic E-state index is 12.9. The molecule has 1 aromatic heterocycles. The van der Waals surface area contributed by atoms with Gasteiger partial charge in [0.25, 0.3) is 5.91 Å². The third-order valence-corrected chi connectivity index (χ3v) is 5.00. The highest BCUT2D eigenvalue weighted by Crippen LogP contribution is 2.24. The highest BCUT2D eigenvalue weighted by atomic mass is 32.1. The zero-order valence-corrected chi connectivity index (χ0v) is 16.3. The molecule has 2 aromatic carbocycles. The minimum atomic E-state index is -1.09. The maximum Gasteiger partial charge on any atom is 0.340 e. The van der Waals surface area contributed by atoms with Crippen LogP contribution in [0.4, 0.5) is 0 Å². The van der Waals surface area contributed by atoms with E-state index >= 15 is 0 Å². The normalized spacial score (nSPS) is 11.5. The van der Waals surface area contributed by atoms with Crippen LogP contribution in [0.25, 0.3) is 0 Å². The van der Waals surface area contributed by atoms with E-state index in [9.17, 15) is 14.4 Å². The van der Waals surface area contributed by atoms with Gasteiger partial charge in [0.15, 0.2) is 0 Å². The first kappa shape index (κ1) is 19.5. The van der Waals surface area contributed by atoms with Gasteiger partial charge >= 0.3 is 5.97 Å². The smallest absolute Gasteiger partial charge is 0.340 e. The van der Waals surface area contributed by atoms with E-state index in [1.165, 1.54) is 22.3 Å². The van der Waals surface area contributed by atoms with Crippen LogP contribution >= 0.6 is 11.3 Å². The van der Waals surface area contributed by atoms with Gasteiger partial charge in [-0.05, 0) is 17.5 Å². The van der Waals surface area contributed by atoms with E-state index in [1.54, 1.807) is 74.1 Å². The quantitative estimate of drug-likeness (QED) is 0.470. The highest BCUT2D eigenvalue weighted by Gasteiger charge is 2.28. The molecule has 0 aliphatic carbocycles. The molecule has 0 bridgehead atoms. The van der Waals surface area contributed by atoms with E-state index in [4.69, 9.17) is 4.74 Å². The summed E-state index contributed by atoms with van der Waals surface area (Å²) in [6.45, 7) is 0. The van der Waals surface area contributed by atoms with Crippen LogP contribution in [0.1, 0.15) is 37.3 Å². The van der Waals surface area contributed by atoms with Crippen LogP contribution in [-0.2, 0) is 9.53 Å². The Bertz CT molecular complexity index is 981. The summed E-state index contributed by atoms with van der Waals surface area (Å²) in [5, 5.41) is 1.80. The Labute approximate surface area is 167 Å². The number of likely N-dealkylation sites (N-methyl/N-ethyl adjacent to an activating group) is 1. The lowest BCUT2D eigenvalue weighted by Crippen LogP contribution is -2.31. The predicted molar refractivity (Wildman–Crippen MR) is 107 cm³/mol. The summed E-state index contributed by atoms with van der Waals surface area (Å²) in [7, 11) is 3.20. The van der Waals surface area contributed by atoms with Gasteiger partial charge in [-0.3, -0.25) is 9.59 Å². The van der Waals surface area contributed by atoms with Gasteiger partial charge < -0.3 is 9.64 Å². The van der Waals surface area contributed by atoms with Gasteiger partial charge in [-0.15, -0.1) is 11.3 Å². The topological polar surface area (TPSA) is 63.7 Å². The van der Waals surface area contributed by atoms with E-state index in [0.717, 1.165) is 0 Å². The molecule has 0 fully saturated rings. The Hall–Kier alpha value is -3.25. The zero-order valence-electron chi connectivity index (χ0n) is 15.5. The van der Waals surface area contributed by atoms with Crippen LogP contribution in [0.5, 0.6) is 0 Å². The summed E-state index contributed by atoms with van der Waals surface area (Å²) in [4.78, 5) is 40.2. The fourth-order valence-electron chi connectivity index (χ4n) is 2.69. The number of amides is 1. The van der Waals surface area contributed by atoms with E-state index in [0.29, 0.717) is 10.4 Å². The van der Waals surface area contributed by atoms with Crippen LogP contribution in [0.2, 0.25) is 0 Å². The van der Waals surface area contributed by atoms with Crippen LogP contribution in [0.3, 0.4) is 0 Å². The number of benzene rings is 2. The van der Waals surface area contributed by atoms with Gasteiger partial charge in [-0.2, -0.15) is 0 Å². The highest BCUT2D eigenvalue weighted by molar-refractivity contribution is 7.12. The van der Waals surface area contributed by atoms with Crippen LogP contribution in [0, 0.1) is 0 Å². The first-order valence-electron chi connectivity index (χ1n) is 8.63. The monoisotopic (exact) mass is 393 g/mol. The second-order valence-electron chi connectivity index (χ2n) is 6.28. The molecule has 0 unspecified atom stereocenters. The molecule has 0 saturated heterocycles. The molecule has 3 rings (SSSR count). The van der Waals surface area contributed by atoms with Crippen LogP contribution in [-0.4, -0.2) is 36.7 Å². The molecule has 6 heteroatoms. The van der Waals surface area contributed by atoms with E-state index in [1.807, 2.05) is 6.07 Å². The van der Waals surface area contributed by atoms with Crippen molar-refractivity contribution in [1.82, 2.24) is 4.90 Å². The van der Waals surface area contributed by atoms with Gasteiger partial charge in [-0.1, -0.05) is 54.6 Å². The molecule has 1 heterocycles. The molecule has 28 heavy (non-hydrogen) atoms. The van der Waals surface area contributed by atoms with E-state index < -0.39 is 12.1 Å². The number of hydrogen-bond donors (Lipinski definition) is 0. The summed E-state index contributed by atoms with van der Waals surface area (Å²) >= 11 is 1.30. The summed E-state index contributed by atoms with van der Waals surface area (Å²) in [5.74, 6) is -1.33. The molecule has 1 amide bonds. The van der Waals surface area contributed by atoms with Crippen molar-refractivity contribution >= 4 is 29.0 Å². The number of nitrogens with zero attached hydrogens (tertiary/aromatic N) is 1. The van der Waals surface area contributed by atoms with E-state index in [-0.39, 0.29) is 22.8 Å². The molecule has 5 nitrogen and oxygen atoms in total. The molecule has 3 aromatic rings. The second kappa shape index (κ2) is 8.63. The Kier molecular flexibility index (Phi) is 6.01. The number of rotatable bonds is 6. The fourth-order valence-corrected chi connectivity index (χ4v) is 3.37. The number of thiophene rings is 1. The number of hydrogen-bond acceptors (Lipinski definition) is 5. The summed E-state index contributed by atoms with van der Waals surface area (Å²) < 4.78 is 5.57. The molecule has 0 aliphatic rings. The molecular formula is C22H19NO4S. The molecule has 0 saturated carbocycles. The predicted octanol–water partition coefficient (Wildman–Crippen LogP) is 3.97. The van der Waals surface area contributed by atoms with Gasteiger partial charge in [0, 0.05) is 25.2 Å². The Morgan fingerprint density at radius 1 is 0.857 bits per heavy atom. The van der Waals surface area contributed by atoms with Crippen molar-refractivity contribution in [3.05, 3.63) is 93.7 Å². The lowest BCUT2D eigenvalue weighted by molar-refractivity contribution is -0.138. The molecule has 1 atom stereocenters. The largest absolute Gasteiger partial charge is 0.444 e. The minimum absolute atomic E-state index is 0.133. The lowest BCUT2D eigenvalue weighted by atomic mass is 10.0. The van der Waals surface area contributed by atoms with Crippen LogP contribution in [0.15, 0.2) is 72.1 Å². The van der Waals surface area contributed by atoms with Crippen molar-refractivity contribution in [1.29, 1.82) is 0 Å². The first-order valence-corrected chi connectivity index (χ1v) is 9.51. The third-order valence-electron chi connectivity index (χ3n) is 4.13. The van der Waals surface area contributed by atoms with Gasteiger partial charge in [0.2, 0.25) is 11.9 Å². The number of ether oxygens (including phenoxy) is 1. The second-order valence-corrected chi connectivity index (χ2v) is 7.23. The Morgan fingerprint density at radius 3 is 2.11 bits per heavy atom. The van der Waals surface area contributed by atoms with Crippen molar-refractivity contribution in [3.8, 4) is 0 Å². The molecule has 0 N–H and O–H groups in total. The van der Waals surface area contributed by atoms with Crippen molar-refractivity contribution in [3.63, 3.8) is 0 Å². The average molecular weight is 393 g/mol. The minimum Gasteiger partial charge on any atom is -0.444 e. The number of esters is 1. The molecular weight excluding hydrogens is 374 g/mol. The fraction of sp³-hybridized carbons (Fsp3) is 0.136. The van der Waals surface area contributed by atoms with Crippen molar-refractivity contribution in [2.24, 2.45) is 0 Å². The summed E-state index contributed by atoms with van der Waals surface area (Å²) in [6, 6.07) is 18.8. The Morgan fingerprint density at radius 2 is 1.50 bits per heavy atom. The third kappa shape index (κ3) is 4.18. The van der Waals surface area contributed by atoms with Crippen LogP contribution < -0.4 is 0 Å². The summed E-state index contributed by atoms with van der Waals surface area (Å²) in [6.07, 6.45) is -1.09. The molecule has 0 aliphatic heterocycles. The number of ketones is 1. The Balaban J connectivity index is 1.93. The van der Waals surface area contributed by atoms with Gasteiger partial charge in [0.1, 0.15) is 0 Å². The molecule has 0 spiro atoms. The van der Waals surface area contributed by atoms with Gasteiger partial charge in [-0.25, -0.2) is 4.79 Å². The van der Waals surface area contributed by atoms with E-state index in [2.05, 4.69) is 0 Å². The van der Waals surface area contributed by atoms with Crippen molar-refractivity contribution in [2.45, 2.75) is 6.10 Å². The number of carbonyl (C=O) groups is 3. The standard InChI is InChI=1S/C22H19NO4S/c1-23(2)21(25)20(15-9-4-3-5-10-15)27-22(26)17-12-7-6-11-16(17)19(24)18-13-8-14-28-18/h3-14,20H,1-2H3/t20-/m1/s1. The zero-order chi connectivity index (χ0) is 20.1. The van der Waals surface area contributed by atoms with Gasteiger partial charge in [0.05, 0.1) is 10.4 Å². The lowest BCUT2D eigenvalue weighted by Gasteiger charge is -2.21. The SMILES string of the molecule is CN(C)C(=O)[C@H](OC(=O)c1ccccc1C(=O)c1cccs1)c1ccccc1. The molecule has 142 valence electrons. The maximum absolute atomic E-state index is 12.9. The molecule has 0 radical (unpaired) electrons.